The van der Waals surface area contributed by atoms with Crippen LogP contribution >= 0.6 is 12.2 Å². The minimum atomic E-state index is -0.598. The van der Waals surface area contributed by atoms with Gasteiger partial charge in [0.15, 0.2) is 0 Å². The summed E-state index contributed by atoms with van der Waals surface area (Å²) in [5.41, 5.74) is 0. The van der Waals surface area contributed by atoms with Crippen molar-refractivity contribution in [3.05, 3.63) is 4.77 Å². The molecular formula is C10H17N3O3S. The van der Waals surface area contributed by atoms with Crippen molar-refractivity contribution >= 4 is 18.3 Å². The molecule has 1 rings (SSSR count). The van der Waals surface area contributed by atoms with E-state index in [2.05, 4.69) is 5.10 Å². The van der Waals surface area contributed by atoms with E-state index < -0.39 is 6.09 Å². The second-order valence-corrected chi connectivity index (χ2v) is 4.50. The van der Waals surface area contributed by atoms with E-state index in [1.165, 1.54) is 4.57 Å². The Kier molecular flexibility index (Phi) is 4.28. The van der Waals surface area contributed by atoms with Gasteiger partial charge in [0.05, 0.1) is 12.2 Å². The van der Waals surface area contributed by atoms with Crippen LogP contribution in [0.4, 0.5) is 4.79 Å². The monoisotopic (exact) mass is 259 g/mol. The maximum Gasteiger partial charge on any atom is 0.437 e. The lowest BCUT2D eigenvalue weighted by Crippen LogP contribution is -2.19. The van der Waals surface area contributed by atoms with E-state index >= 15 is 0 Å². The summed E-state index contributed by atoms with van der Waals surface area (Å²) in [6.07, 6.45) is -0.861. The molecule has 0 atom stereocenters. The molecule has 0 saturated carbocycles. The molecule has 0 spiro atoms. The van der Waals surface area contributed by atoms with Gasteiger partial charge in [-0.15, -0.1) is 9.78 Å². The molecule has 0 aliphatic heterocycles. The first-order valence-electron chi connectivity index (χ1n) is 5.36. The molecule has 1 aromatic rings. The lowest BCUT2D eigenvalue weighted by Gasteiger charge is -2.07. The van der Waals surface area contributed by atoms with Crippen molar-refractivity contribution in [3.63, 3.8) is 0 Å². The summed E-state index contributed by atoms with van der Waals surface area (Å²) in [6, 6.07) is 0.297. The topological polar surface area (TPSA) is 58.3 Å². The Balaban J connectivity index is 3.02. The van der Waals surface area contributed by atoms with Crippen LogP contribution in [-0.2, 0) is 11.8 Å². The van der Waals surface area contributed by atoms with Crippen LogP contribution in [0.3, 0.4) is 0 Å². The van der Waals surface area contributed by atoms with Crippen LogP contribution in [0.2, 0.25) is 0 Å². The fraction of sp³-hybridized carbons (Fsp3) is 0.700. The van der Waals surface area contributed by atoms with Crippen LogP contribution < -0.4 is 4.74 Å². The van der Waals surface area contributed by atoms with Gasteiger partial charge >= 0.3 is 12.1 Å². The van der Waals surface area contributed by atoms with Gasteiger partial charge in [-0.2, -0.15) is 0 Å². The van der Waals surface area contributed by atoms with E-state index in [0.29, 0.717) is 6.01 Å². The number of hydrogen-bond acceptors (Lipinski definition) is 5. The number of rotatable bonds is 3. The highest BCUT2D eigenvalue weighted by molar-refractivity contribution is 7.71. The standard InChI is InChI=1S/C10H17N3O3S/c1-6(2)15-8-11-13(9(17)12(8)5)10(14)16-7(3)4/h6-7H,1-5H3. The second-order valence-electron chi connectivity index (χ2n) is 4.14. The minimum absolute atomic E-state index is 0.0416. The normalized spacial score (nSPS) is 11.0. The van der Waals surface area contributed by atoms with Gasteiger partial charge in [0.1, 0.15) is 0 Å². The summed E-state index contributed by atoms with van der Waals surface area (Å²) in [5.74, 6) is 0. The molecule has 1 aromatic heterocycles. The van der Waals surface area contributed by atoms with Gasteiger partial charge in [0.25, 0.3) is 0 Å². The molecule has 96 valence electrons. The minimum Gasteiger partial charge on any atom is -0.461 e. The van der Waals surface area contributed by atoms with Gasteiger partial charge < -0.3 is 9.47 Å². The Labute approximate surface area is 105 Å². The van der Waals surface area contributed by atoms with Crippen LogP contribution in [-0.4, -0.2) is 32.6 Å². The van der Waals surface area contributed by atoms with Crippen molar-refractivity contribution in [2.24, 2.45) is 7.05 Å². The first kappa shape index (κ1) is 13.7. The number of nitrogens with zero attached hydrogens (tertiary/aromatic N) is 3. The van der Waals surface area contributed by atoms with Crippen molar-refractivity contribution in [3.8, 4) is 6.01 Å². The average molecular weight is 259 g/mol. The molecular weight excluding hydrogens is 242 g/mol. The highest BCUT2D eigenvalue weighted by Crippen LogP contribution is 2.10. The van der Waals surface area contributed by atoms with E-state index in [0.717, 1.165) is 4.68 Å². The van der Waals surface area contributed by atoms with Gasteiger partial charge in [-0.1, -0.05) is 0 Å². The summed E-state index contributed by atoms with van der Waals surface area (Å²) >= 11 is 5.08. The van der Waals surface area contributed by atoms with E-state index in [9.17, 15) is 4.79 Å². The summed E-state index contributed by atoms with van der Waals surface area (Å²) in [6.45, 7) is 7.26. The van der Waals surface area contributed by atoms with E-state index in [-0.39, 0.29) is 17.0 Å². The lowest BCUT2D eigenvalue weighted by atomic mass is 10.5. The smallest absolute Gasteiger partial charge is 0.437 e. The van der Waals surface area contributed by atoms with E-state index in [1.54, 1.807) is 20.9 Å². The Morgan fingerprint density at radius 1 is 1.29 bits per heavy atom. The molecule has 0 aliphatic rings. The molecule has 1 heterocycles. The zero-order valence-electron chi connectivity index (χ0n) is 10.6. The lowest BCUT2D eigenvalue weighted by molar-refractivity contribution is 0.112. The third-order valence-electron chi connectivity index (χ3n) is 1.79. The molecule has 0 N–H and O–H groups in total. The Morgan fingerprint density at radius 3 is 2.35 bits per heavy atom. The molecule has 0 radical (unpaired) electrons. The van der Waals surface area contributed by atoms with Crippen molar-refractivity contribution in [2.45, 2.75) is 39.9 Å². The van der Waals surface area contributed by atoms with Crippen molar-refractivity contribution in [1.82, 2.24) is 14.3 Å². The molecule has 0 bridgehead atoms. The van der Waals surface area contributed by atoms with Gasteiger partial charge in [0.2, 0.25) is 4.77 Å². The molecule has 0 fully saturated rings. The number of hydrogen-bond donors (Lipinski definition) is 0. The van der Waals surface area contributed by atoms with Crippen LogP contribution in [0, 0.1) is 4.77 Å². The number of ether oxygens (including phenoxy) is 2. The number of aromatic nitrogens is 3. The van der Waals surface area contributed by atoms with Gasteiger partial charge in [0, 0.05) is 7.05 Å². The Bertz CT molecular complexity index is 462. The highest BCUT2D eigenvalue weighted by Gasteiger charge is 2.17. The van der Waals surface area contributed by atoms with Crippen LogP contribution in [0.15, 0.2) is 0 Å². The quantitative estimate of drug-likeness (QED) is 0.778. The summed E-state index contributed by atoms with van der Waals surface area (Å²) in [5, 5.41) is 3.98. The zero-order valence-corrected chi connectivity index (χ0v) is 11.4. The molecule has 0 aliphatic carbocycles. The number of carbonyl (C=O) groups excluding carboxylic acids is 1. The third kappa shape index (κ3) is 3.29. The second kappa shape index (κ2) is 5.31. The summed E-state index contributed by atoms with van der Waals surface area (Å²) < 4.78 is 13.2. The van der Waals surface area contributed by atoms with Crippen molar-refractivity contribution in [1.29, 1.82) is 0 Å². The van der Waals surface area contributed by atoms with Crippen molar-refractivity contribution < 1.29 is 14.3 Å². The first-order valence-corrected chi connectivity index (χ1v) is 5.77. The Morgan fingerprint density at radius 2 is 1.88 bits per heavy atom. The van der Waals surface area contributed by atoms with Gasteiger partial charge in [-0.25, -0.2) is 4.79 Å². The third-order valence-corrected chi connectivity index (χ3v) is 2.24. The molecule has 0 aromatic carbocycles. The van der Waals surface area contributed by atoms with Crippen LogP contribution in [0.1, 0.15) is 27.7 Å². The molecule has 0 amide bonds. The van der Waals surface area contributed by atoms with Gasteiger partial charge in [-0.3, -0.25) is 4.57 Å². The SMILES string of the molecule is CC(C)OC(=O)n1nc(OC(C)C)n(C)c1=S. The van der Waals surface area contributed by atoms with Gasteiger partial charge in [-0.05, 0) is 39.9 Å². The average Bonchev–Trinajstić information content (AvgIpc) is 2.44. The molecule has 0 saturated heterocycles. The van der Waals surface area contributed by atoms with Crippen LogP contribution in [0.5, 0.6) is 6.01 Å². The predicted molar refractivity (Wildman–Crippen MR) is 64.8 cm³/mol. The van der Waals surface area contributed by atoms with E-state index in [4.69, 9.17) is 21.7 Å². The molecule has 0 unspecified atom stereocenters. The molecule has 7 heteroatoms. The zero-order chi connectivity index (χ0) is 13.2. The van der Waals surface area contributed by atoms with Crippen molar-refractivity contribution in [2.75, 3.05) is 0 Å². The Hall–Kier alpha value is -1.37. The van der Waals surface area contributed by atoms with Crippen LogP contribution in [0.25, 0.3) is 0 Å². The fourth-order valence-electron chi connectivity index (χ4n) is 1.10. The molecule has 6 nitrogen and oxygen atoms in total. The maximum atomic E-state index is 11.7. The highest BCUT2D eigenvalue weighted by atomic mass is 32.1. The summed E-state index contributed by atoms with van der Waals surface area (Å²) in [4.78, 5) is 11.7. The first-order chi connectivity index (χ1) is 7.82. The summed E-state index contributed by atoms with van der Waals surface area (Å²) in [7, 11) is 1.69. The van der Waals surface area contributed by atoms with E-state index in [1.807, 2.05) is 13.8 Å². The maximum absolute atomic E-state index is 11.7. The predicted octanol–water partition coefficient (Wildman–Crippen LogP) is 2.13. The number of carbonyl (C=O) groups is 1. The largest absolute Gasteiger partial charge is 0.461 e. The fourth-order valence-corrected chi connectivity index (χ4v) is 1.30. The molecule has 17 heavy (non-hydrogen) atoms.